The van der Waals surface area contributed by atoms with Crippen molar-refractivity contribution in [3.05, 3.63) is 42.2 Å². The van der Waals surface area contributed by atoms with Crippen LogP contribution in [-0.2, 0) is 0 Å². The van der Waals surface area contributed by atoms with Crippen molar-refractivity contribution in [3.8, 4) is 11.5 Å². The van der Waals surface area contributed by atoms with Gasteiger partial charge < -0.3 is 20.1 Å². The quantitative estimate of drug-likeness (QED) is 0.725. The molecule has 24 heavy (non-hydrogen) atoms. The lowest BCUT2D eigenvalue weighted by molar-refractivity contribution is 0.102. The van der Waals surface area contributed by atoms with Gasteiger partial charge >= 0.3 is 0 Å². The predicted molar refractivity (Wildman–Crippen MR) is 95.1 cm³/mol. The molecule has 2 N–H and O–H groups in total. The number of nitrogens with zero attached hydrogens (tertiary/aromatic N) is 1. The molecule has 0 saturated carbocycles. The Bertz CT molecular complexity index is 689. The molecule has 0 bridgehead atoms. The topological polar surface area (TPSA) is 72.5 Å². The number of pyridine rings is 1. The Hall–Kier alpha value is -2.76. The maximum Gasteiger partial charge on any atom is 0.257 e. The highest BCUT2D eigenvalue weighted by molar-refractivity contribution is 6.04. The third-order valence-electron chi connectivity index (χ3n) is 3.50. The first-order valence-electron chi connectivity index (χ1n) is 7.90. The molecule has 1 aromatic carbocycles. The van der Waals surface area contributed by atoms with E-state index in [0.29, 0.717) is 22.7 Å². The molecule has 0 aliphatic carbocycles. The Kier molecular flexibility index (Phi) is 6.42. The van der Waals surface area contributed by atoms with E-state index >= 15 is 0 Å². The van der Waals surface area contributed by atoms with Crippen molar-refractivity contribution in [3.63, 3.8) is 0 Å². The Labute approximate surface area is 142 Å². The summed E-state index contributed by atoms with van der Waals surface area (Å²) in [6.45, 7) is 2.99. The molecule has 1 amide bonds. The number of nitrogens with one attached hydrogen (secondary N) is 2. The number of unbranched alkanes of at least 4 members (excludes halogenated alkanes) is 1. The summed E-state index contributed by atoms with van der Waals surface area (Å²) >= 11 is 0. The van der Waals surface area contributed by atoms with Crippen molar-refractivity contribution in [2.45, 2.75) is 19.8 Å². The first-order chi connectivity index (χ1) is 11.7. The van der Waals surface area contributed by atoms with Gasteiger partial charge in [0, 0.05) is 30.7 Å². The van der Waals surface area contributed by atoms with Crippen molar-refractivity contribution in [1.29, 1.82) is 0 Å². The Balaban J connectivity index is 2.08. The minimum absolute atomic E-state index is 0.228. The molecule has 0 spiro atoms. The van der Waals surface area contributed by atoms with Crippen LogP contribution in [0.15, 0.2) is 36.7 Å². The molecule has 0 unspecified atom stereocenters. The van der Waals surface area contributed by atoms with E-state index in [1.165, 1.54) is 0 Å². The van der Waals surface area contributed by atoms with Crippen LogP contribution in [0.4, 0.5) is 11.4 Å². The van der Waals surface area contributed by atoms with E-state index in [4.69, 9.17) is 9.47 Å². The molecule has 2 aromatic rings. The SMILES string of the molecule is CCCCNc1cncc(C(=O)Nc2ccc(OC)c(OC)c2)c1. The van der Waals surface area contributed by atoms with Crippen LogP contribution < -0.4 is 20.1 Å². The molecular formula is C18H23N3O3. The number of carbonyl (C=O) groups is 1. The van der Waals surface area contributed by atoms with Crippen molar-refractivity contribution >= 4 is 17.3 Å². The molecule has 0 saturated heterocycles. The van der Waals surface area contributed by atoms with Gasteiger partial charge in [0.25, 0.3) is 5.91 Å². The highest BCUT2D eigenvalue weighted by Gasteiger charge is 2.10. The maximum atomic E-state index is 12.4. The molecule has 0 atom stereocenters. The first kappa shape index (κ1) is 17.6. The number of carbonyl (C=O) groups excluding carboxylic acids is 1. The second-order valence-corrected chi connectivity index (χ2v) is 5.27. The standard InChI is InChI=1S/C18H23N3O3/c1-4-5-8-20-15-9-13(11-19-12-15)18(22)21-14-6-7-16(23-2)17(10-14)24-3/h6-7,9-12,20H,4-5,8H2,1-3H3,(H,21,22). The summed E-state index contributed by atoms with van der Waals surface area (Å²) in [5.41, 5.74) is 1.96. The number of methoxy groups -OCH3 is 2. The van der Waals surface area contributed by atoms with E-state index in [0.717, 1.165) is 25.1 Å². The lowest BCUT2D eigenvalue weighted by Crippen LogP contribution is -2.13. The molecule has 6 heteroatoms. The van der Waals surface area contributed by atoms with Crippen LogP contribution >= 0.6 is 0 Å². The summed E-state index contributed by atoms with van der Waals surface area (Å²) in [5, 5.41) is 6.10. The monoisotopic (exact) mass is 329 g/mol. The zero-order valence-corrected chi connectivity index (χ0v) is 14.3. The van der Waals surface area contributed by atoms with Crippen LogP contribution in [0.2, 0.25) is 0 Å². The smallest absolute Gasteiger partial charge is 0.257 e. The van der Waals surface area contributed by atoms with Gasteiger partial charge in [0.2, 0.25) is 0 Å². The van der Waals surface area contributed by atoms with Gasteiger partial charge in [-0.1, -0.05) is 13.3 Å². The van der Waals surface area contributed by atoms with Crippen LogP contribution in [0.3, 0.4) is 0 Å². The number of aromatic nitrogens is 1. The van der Waals surface area contributed by atoms with Crippen LogP contribution in [0.1, 0.15) is 30.1 Å². The number of ether oxygens (including phenoxy) is 2. The summed E-state index contributed by atoms with van der Waals surface area (Å²) < 4.78 is 10.4. The Morgan fingerprint density at radius 3 is 2.58 bits per heavy atom. The number of anilines is 2. The summed E-state index contributed by atoms with van der Waals surface area (Å²) in [7, 11) is 3.12. The molecule has 128 valence electrons. The number of benzene rings is 1. The van der Waals surface area contributed by atoms with Crippen molar-refractivity contribution < 1.29 is 14.3 Å². The minimum Gasteiger partial charge on any atom is -0.493 e. The fourth-order valence-electron chi connectivity index (χ4n) is 2.19. The Morgan fingerprint density at radius 2 is 1.88 bits per heavy atom. The van der Waals surface area contributed by atoms with E-state index in [9.17, 15) is 4.79 Å². The third kappa shape index (κ3) is 4.62. The van der Waals surface area contributed by atoms with Gasteiger partial charge in [-0.2, -0.15) is 0 Å². The zero-order chi connectivity index (χ0) is 17.4. The van der Waals surface area contributed by atoms with Gasteiger partial charge in [0.1, 0.15) is 0 Å². The molecular weight excluding hydrogens is 306 g/mol. The normalized spacial score (nSPS) is 10.1. The van der Waals surface area contributed by atoms with E-state index in [2.05, 4.69) is 22.5 Å². The average molecular weight is 329 g/mol. The van der Waals surface area contributed by atoms with Gasteiger partial charge in [-0.05, 0) is 24.6 Å². The molecule has 0 aliphatic heterocycles. The van der Waals surface area contributed by atoms with Gasteiger partial charge in [-0.15, -0.1) is 0 Å². The number of hydrogen-bond donors (Lipinski definition) is 2. The largest absolute Gasteiger partial charge is 0.493 e. The third-order valence-corrected chi connectivity index (χ3v) is 3.50. The lowest BCUT2D eigenvalue weighted by atomic mass is 10.2. The van der Waals surface area contributed by atoms with Crippen molar-refractivity contribution in [2.24, 2.45) is 0 Å². The molecule has 0 fully saturated rings. The van der Waals surface area contributed by atoms with Crippen molar-refractivity contribution in [2.75, 3.05) is 31.4 Å². The Morgan fingerprint density at radius 1 is 1.08 bits per heavy atom. The fraction of sp³-hybridized carbons (Fsp3) is 0.333. The average Bonchev–Trinajstić information content (AvgIpc) is 2.62. The summed E-state index contributed by atoms with van der Waals surface area (Å²) in [4.78, 5) is 16.5. The van der Waals surface area contributed by atoms with Gasteiger partial charge in [0.15, 0.2) is 11.5 Å². The minimum atomic E-state index is -0.228. The molecule has 2 rings (SSSR count). The number of hydrogen-bond acceptors (Lipinski definition) is 5. The summed E-state index contributed by atoms with van der Waals surface area (Å²) in [6, 6.07) is 7.01. The van der Waals surface area contributed by atoms with Gasteiger partial charge in [-0.25, -0.2) is 0 Å². The van der Waals surface area contributed by atoms with Crippen LogP contribution in [0.25, 0.3) is 0 Å². The van der Waals surface area contributed by atoms with E-state index in [-0.39, 0.29) is 5.91 Å². The summed E-state index contributed by atoms with van der Waals surface area (Å²) in [6.07, 6.45) is 5.44. The highest BCUT2D eigenvalue weighted by atomic mass is 16.5. The molecule has 1 heterocycles. The molecule has 0 aliphatic rings. The molecule has 0 radical (unpaired) electrons. The second-order valence-electron chi connectivity index (χ2n) is 5.27. The van der Waals surface area contributed by atoms with Crippen LogP contribution in [0, 0.1) is 0 Å². The number of rotatable bonds is 8. The van der Waals surface area contributed by atoms with Crippen LogP contribution in [-0.4, -0.2) is 31.7 Å². The van der Waals surface area contributed by atoms with Crippen LogP contribution in [0.5, 0.6) is 11.5 Å². The summed E-state index contributed by atoms with van der Waals surface area (Å²) in [5.74, 6) is 0.941. The van der Waals surface area contributed by atoms with Gasteiger partial charge in [-0.3, -0.25) is 9.78 Å². The maximum absolute atomic E-state index is 12.4. The lowest BCUT2D eigenvalue weighted by Gasteiger charge is -2.11. The van der Waals surface area contributed by atoms with Crippen molar-refractivity contribution in [1.82, 2.24) is 4.98 Å². The van der Waals surface area contributed by atoms with Gasteiger partial charge in [0.05, 0.1) is 25.5 Å². The molecule has 1 aromatic heterocycles. The predicted octanol–water partition coefficient (Wildman–Crippen LogP) is 3.56. The van der Waals surface area contributed by atoms with E-state index < -0.39 is 0 Å². The second kappa shape index (κ2) is 8.76. The first-order valence-corrected chi connectivity index (χ1v) is 7.90. The zero-order valence-electron chi connectivity index (χ0n) is 14.3. The van der Waals surface area contributed by atoms with E-state index in [1.54, 1.807) is 50.9 Å². The molecule has 6 nitrogen and oxygen atoms in total. The number of amides is 1. The highest BCUT2D eigenvalue weighted by Crippen LogP contribution is 2.29. The van der Waals surface area contributed by atoms with E-state index in [1.807, 2.05) is 0 Å². The fourth-order valence-corrected chi connectivity index (χ4v) is 2.19.